The molecule has 0 radical (unpaired) electrons. The quantitative estimate of drug-likeness (QED) is 0.672. The van der Waals surface area contributed by atoms with Gasteiger partial charge in [-0.25, -0.2) is 14.3 Å². The van der Waals surface area contributed by atoms with Gasteiger partial charge >= 0.3 is 0 Å². The van der Waals surface area contributed by atoms with Crippen molar-refractivity contribution in [3.63, 3.8) is 0 Å². The zero-order valence-corrected chi connectivity index (χ0v) is 19.0. The first-order valence-corrected chi connectivity index (χ1v) is 11.6. The number of carbonyl (C=O) groups excluding carboxylic acids is 2. The van der Waals surface area contributed by atoms with Crippen molar-refractivity contribution in [1.29, 1.82) is 0 Å². The standard InChI is InChI=1S/C24H25FN4O2S/c1-4-20(22(30)27-18-12-8-6-10-16(18)25)32-24-28-17-11-7-5-9-15(17)21-26-19(13-14(2)3)23(31)29(21)24/h5-12,14,19-20H,4,13H2,1-3H3,(H,27,30)/t19-,20+/m1/s1. The Morgan fingerprint density at radius 2 is 1.91 bits per heavy atom. The Bertz CT molecular complexity index is 1110. The summed E-state index contributed by atoms with van der Waals surface area (Å²) in [5.74, 6) is -0.0665. The highest BCUT2D eigenvalue weighted by atomic mass is 32.2. The Labute approximate surface area is 191 Å². The summed E-state index contributed by atoms with van der Waals surface area (Å²) in [6, 6.07) is 13.1. The highest BCUT2D eigenvalue weighted by Gasteiger charge is 2.42. The van der Waals surface area contributed by atoms with Crippen LogP contribution in [0.4, 0.5) is 15.8 Å². The van der Waals surface area contributed by atoms with Crippen molar-refractivity contribution >= 4 is 46.0 Å². The van der Waals surface area contributed by atoms with E-state index < -0.39 is 17.1 Å². The lowest BCUT2D eigenvalue weighted by atomic mass is 10.0. The van der Waals surface area contributed by atoms with Gasteiger partial charge in [0, 0.05) is 5.56 Å². The van der Waals surface area contributed by atoms with Crippen LogP contribution in [0, 0.1) is 11.7 Å². The molecule has 0 fully saturated rings. The average Bonchev–Trinajstić information content (AvgIpc) is 3.09. The summed E-state index contributed by atoms with van der Waals surface area (Å²) >= 11 is 1.20. The van der Waals surface area contributed by atoms with Crippen molar-refractivity contribution in [1.82, 2.24) is 4.90 Å². The Morgan fingerprint density at radius 1 is 1.19 bits per heavy atom. The minimum atomic E-state index is -0.559. The SMILES string of the molecule is CC[C@H](SC1=Nc2ccccc2C2=N[C@H](CC(C)C)C(=O)N12)C(=O)Nc1ccccc1F. The van der Waals surface area contributed by atoms with Gasteiger partial charge in [-0.1, -0.05) is 56.8 Å². The first-order valence-electron chi connectivity index (χ1n) is 10.7. The van der Waals surface area contributed by atoms with Crippen molar-refractivity contribution in [2.45, 2.75) is 44.9 Å². The molecule has 2 aromatic rings. The third kappa shape index (κ3) is 4.32. The van der Waals surface area contributed by atoms with E-state index >= 15 is 0 Å². The van der Waals surface area contributed by atoms with Crippen LogP contribution >= 0.6 is 11.8 Å². The Kier molecular flexibility index (Phi) is 6.41. The van der Waals surface area contributed by atoms with Crippen LogP contribution in [0.2, 0.25) is 0 Å². The first kappa shape index (κ1) is 22.2. The Hall–Kier alpha value is -3.00. The van der Waals surface area contributed by atoms with Gasteiger partial charge in [-0.2, -0.15) is 0 Å². The molecule has 0 aromatic heterocycles. The van der Waals surface area contributed by atoms with Gasteiger partial charge in [0.25, 0.3) is 5.91 Å². The van der Waals surface area contributed by atoms with Crippen LogP contribution in [0.5, 0.6) is 0 Å². The van der Waals surface area contributed by atoms with Gasteiger partial charge in [0.1, 0.15) is 17.7 Å². The van der Waals surface area contributed by atoms with Crippen molar-refractivity contribution in [2.75, 3.05) is 5.32 Å². The molecule has 0 unspecified atom stereocenters. The van der Waals surface area contributed by atoms with Crippen molar-refractivity contribution < 1.29 is 14.0 Å². The average molecular weight is 453 g/mol. The van der Waals surface area contributed by atoms with Gasteiger partial charge in [0.05, 0.1) is 16.6 Å². The van der Waals surface area contributed by atoms with E-state index in [9.17, 15) is 14.0 Å². The highest BCUT2D eigenvalue weighted by Crippen LogP contribution is 2.36. The minimum Gasteiger partial charge on any atom is -0.323 e. The molecule has 2 amide bonds. The molecule has 8 heteroatoms. The second kappa shape index (κ2) is 9.24. The number of nitrogens with one attached hydrogen (secondary N) is 1. The zero-order chi connectivity index (χ0) is 22.8. The third-order valence-corrected chi connectivity index (χ3v) is 6.60. The van der Waals surface area contributed by atoms with Crippen LogP contribution in [-0.2, 0) is 9.59 Å². The Balaban J connectivity index is 1.63. The first-order chi connectivity index (χ1) is 15.4. The van der Waals surface area contributed by atoms with Gasteiger partial charge in [0.15, 0.2) is 5.17 Å². The monoisotopic (exact) mass is 452 g/mol. The van der Waals surface area contributed by atoms with Crippen molar-refractivity contribution in [3.8, 4) is 0 Å². The lowest BCUT2D eigenvalue weighted by Crippen LogP contribution is -2.42. The van der Waals surface area contributed by atoms with Gasteiger partial charge in [-0.15, -0.1) is 0 Å². The molecule has 0 saturated heterocycles. The number of thioether (sulfide) groups is 1. The minimum absolute atomic E-state index is 0.126. The summed E-state index contributed by atoms with van der Waals surface area (Å²) in [7, 11) is 0. The van der Waals surface area contributed by atoms with E-state index in [-0.39, 0.29) is 17.5 Å². The molecule has 2 aliphatic rings. The molecule has 2 aromatic carbocycles. The number of benzene rings is 2. The highest BCUT2D eigenvalue weighted by molar-refractivity contribution is 8.15. The number of amidine groups is 2. The number of hydrogen-bond acceptors (Lipinski definition) is 5. The van der Waals surface area contributed by atoms with Crippen molar-refractivity contribution in [3.05, 3.63) is 59.9 Å². The number of amides is 2. The second-order valence-corrected chi connectivity index (χ2v) is 9.34. The van der Waals surface area contributed by atoms with Crippen molar-refractivity contribution in [2.24, 2.45) is 15.9 Å². The number of carbonyl (C=O) groups is 2. The van der Waals surface area contributed by atoms with E-state index in [2.05, 4.69) is 19.2 Å². The maximum Gasteiger partial charge on any atom is 0.259 e. The van der Waals surface area contributed by atoms with E-state index in [1.165, 1.54) is 23.9 Å². The van der Waals surface area contributed by atoms with E-state index in [0.29, 0.717) is 35.5 Å². The lowest BCUT2D eigenvalue weighted by molar-refractivity contribution is -0.125. The van der Waals surface area contributed by atoms with E-state index in [1.807, 2.05) is 31.2 Å². The summed E-state index contributed by atoms with van der Waals surface area (Å²) in [6.45, 7) is 5.99. The molecule has 0 bridgehead atoms. The Morgan fingerprint density at radius 3 is 2.62 bits per heavy atom. The predicted molar refractivity (Wildman–Crippen MR) is 127 cm³/mol. The fourth-order valence-corrected chi connectivity index (χ4v) is 4.73. The molecule has 6 nitrogen and oxygen atoms in total. The number of hydrogen-bond donors (Lipinski definition) is 1. The van der Waals surface area contributed by atoms with Crippen LogP contribution in [0.25, 0.3) is 0 Å². The summed E-state index contributed by atoms with van der Waals surface area (Å²) in [5, 5.41) is 2.52. The number of rotatable bonds is 6. The molecule has 2 atom stereocenters. The summed E-state index contributed by atoms with van der Waals surface area (Å²) < 4.78 is 14.0. The topological polar surface area (TPSA) is 74.1 Å². The molecule has 2 aliphatic heterocycles. The number of aliphatic imine (C=N–C) groups is 2. The molecular formula is C24H25FN4O2S. The summed E-state index contributed by atoms with van der Waals surface area (Å²) in [6.07, 6.45) is 1.12. The number of nitrogens with zero attached hydrogens (tertiary/aromatic N) is 3. The molecule has 4 rings (SSSR count). The smallest absolute Gasteiger partial charge is 0.259 e. The van der Waals surface area contributed by atoms with Crippen LogP contribution in [-0.4, -0.2) is 39.0 Å². The van der Waals surface area contributed by atoms with Gasteiger partial charge in [-0.3, -0.25) is 14.6 Å². The number of fused-ring (bicyclic) bond motifs is 3. The normalized spacial score (nSPS) is 18.1. The molecule has 32 heavy (non-hydrogen) atoms. The molecule has 2 heterocycles. The number of halogens is 1. The van der Waals surface area contributed by atoms with Gasteiger partial charge in [0.2, 0.25) is 5.91 Å². The number of para-hydroxylation sites is 2. The second-order valence-electron chi connectivity index (χ2n) is 8.17. The molecule has 0 spiro atoms. The molecule has 0 saturated carbocycles. The summed E-state index contributed by atoms with van der Waals surface area (Å²) in [5.41, 5.74) is 1.65. The fraction of sp³-hybridized carbons (Fsp3) is 0.333. The molecular weight excluding hydrogens is 427 g/mol. The fourth-order valence-electron chi connectivity index (χ4n) is 3.71. The maximum absolute atomic E-state index is 14.0. The van der Waals surface area contributed by atoms with Crippen LogP contribution in [0.1, 0.15) is 39.2 Å². The summed E-state index contributed by atoms with van der Waals surface area (Å²) in [4.78, 5) is 37.1. The molecule has 0 aliphatic carbocycles. The molecule has 1 N–H and O–H groups in total. The van der Waals surface area contributed by atoms with Gasteiger partial charge in [-0.05, 0) is 43.0 Å². The van der Waals surface area contributed by atoms with E-state index in [4.69, 9.17) is 9.98 Å². The van der Waals surface area contributed by atoms with Crippen LogP contribution in [0.15, 0.2) is 58.5 Å². The lowest BCUT2D eigenvalue weighted by Gasteiger charge is -2.27. The maximum atomic E-state index is 14.0. The zero-order valence-electron chi connectivity index (χ0n) is 18.2. The largest absolute Gasteiger partial charge is 0.323 e. The van der Waals surface area contributed by atoms with E-state index in [1.54, 1.807) is 17.0 Å². The van der Waals surface area contributed by atoms with Gasteiger partial charge < -0.3 is 5.32 Å². The van der Waals surface area contributed by atoms with Crippen LogP contribution < -0.4 is 5.32 Å². The van der Waals surface area contributed by atoms with Crippen LogP contribution in [0.3, 0.4) is 0 Å². The van der Waals surface area contributed by atoms with E-state index in [0.717, 1.165) is 5.56 Å². The molecule has 166 valence electrons. The number of anilines is 1. The third-order valence-electron chi connectivity index (χ3n) is 5.28. The predicted octanol–water partition coefficient (Wildman–Crippen LogP) is 4.98.